The van der Waals surface area contributed by atoms with E-state index in [1.54, 1.807) is 6.07 Å². The highest BCUT2D eigenvalue weighted by Crippen LogP contribution is 2.41. The third-order valence-corrected chi connectivity index (χ3v) is 3.66. The van der Waals surface area contributed by atoms with E-state index in [0.717, 1.165) is 12.0 Å². The maximum absolute atomic E-state index is 12.0. The van der Waals surface area contributed by atoms with Gasteiger partial charge in [0.05, 0.1) is 0 Å². The van der Waals surface area contributed by atoms with Crippen molar-refractivity contribution < 1.29 is 19.1 Å². The van der Waals surface area contributed by atoms with E-state index in [1.165, 1.54) is 12.1 Å². The van der Waals surface area contributed by atoms with Crippen molar-refractivity contribution in [3.05, 3.63) is 58.5 Å². The number of hydrogen-bond donors (Lipinski definition) is 2. The highest BCUT2D eigenvalue weighted by Gasteiger charge is 2.40. The summed E-state index contributed by atoms with van der Waals surface area (Å²) < 4.78 is 4.96. The fraction of sp³-hybridized carbons (Fsp3) is 0.200. The summed E-state index contributed by atoms with van der Waals surface area (Å²) in [6.07, 6.45) is 0.832. The minimum atomic E-state index is -1.20. The lowest BCUT2D eigenvalue weighted by atomic mass is 10.1. The second-order valence-electron chi connectivity index (χ2n) is 4.95. The Hall–Kier alpha value is -2.27. The number of benzene rings is 1. The first-order valence-corrected chi connectivity index (χ1v) is 6.82. The summed E-state index contributed by atoms with van der Waals surface area (Å²) in [5, 5.41) is 12.2. The largest absolute Gasteiger partial charge is 0.475 e. The summed E-state index contributed by atoms with van der Waals surface area (Å²) in [6, 6.07) is 10.2. The van der Waals surface area contributed by atoms with Gasteiger partial charge in [0.2, 0.25) is 5.76 Å². The molecule has 0 spiro atoms. The molecule has 1 aromatic heterocycles. The molecule has 1 saturated carbocycles. The quantitative estimate of drug-likeness (QED) is 0.910. The number of halogens is 1. The number of carboxylic acids is 1. The van der Waals surface area contributed by atoms with Crippen molar-refractivity contribution in [2.24, 2.45) is 0 Å². The van der Waals surface area contributed by atoms with E-state index in [1.807, 2.05) is 18.2 Å². The second-order valence-corrected chi connectivity index (χ2v) is 5.38. The molecule has 0 unspecified atom stereocenters. The van der Waals surface area contributed by atoms with Gasteiger partial charge in [-0.2, -0.15) is 0 Å². The average molecular weight is 306 g/mol. The second kappa shape index (κ2) is 5.26. The number of hydrogen-bond acceptors (Lipinski definition) is 3. The van der Waals surface area contributed by atoms with E-state index >= 15 is 0 Å². The van der Waals surface area contributed by atoms with E-state index in [2.05, 4.69) is 5.32 Å². The molecule has 2 N–H and O–H groups in total. The minimum Gasteiger partial charge on any atom is -0.475 e. The molecular weight excluding hydrogens is 294 g/mol. The molecule has 0 saturated heterocycles. The molecule has 1 aliphatic carbocycles. The molecule has 0 radical (unpaired) electrons. The summed E-state index contributed by atoms with van der Waals surface area (Å²) >= 11 is 5.94. The van der Waals surface area contributed by atoms with Crippen LogP contribution in [0.5, 0.6) is 0 Å². The van der Waals surface area contributed by atoms with Crippen molar-refractivity contribution in [1.29, 1.82) is 0 Å². The van der Waals surface area contributed by atoms with Gasteiger partial charge >= 0.3 is 5.97 Å². The summed E-state index contributed by atoms with van der Waals surface area (Å²) in [5.41, 5.74) is 1.08. The normalized spacial score (nSPS) is 20.0. The third-order valence-electron chi connectivity index (χ3n) is 3.42. The van der Waals surface area contributed by atoms with Crippen LogP contribution in [0.4, 0.5) is 0 Å². The Morgan fingerprint density at radius 3 is 2.67 bits per heavy atom. The summed E-state index contributed by atoms with van der Waals surface area (Å²) in [7, 11) is 0. The van der Waals surface area contributed by atoms with Crippen molar-refractivity contribution in [2.75, 3.05) is 0 Å². The fourth-order valence-electron chi connectivity index (χ4n) is 2.27. The van der Waals surface area contributed by atoms with Gasteiger partial charge in [-0.15, -0.1) is 0 Å². The van der Waals surface area contributed by atoms with Gasteiger partial charge < -0.3 is 14.8 Å². The Labute approximate surface area is 125 Å². The summed E-state index contributed by atoms with van der Waals surface area (Å²) in [5.74, 6) is -1.61. The molecule has 0 bridgehead atoms. The van der Waals surface area contributed by atoms with Gasteiger partial charge in [0.25, 0.3) is 5.91 Å². The Morgan fingerprint density at radius 2 is 2.00 bits per heavy atom. The molecule has 1 aliphatic rings. The van der Waals surface area contributed by atoms with Crippen molar-refractivity contribution in [2.45, 2.75) is 18.4 Å². The number of carboxylic acid groups (broad SMARTS) is 1. The molecule has 1 aromatic carbocycles. The van der Waals surface area contributed by atoms with Gasteiger partial charge in [0.15, 0.2) is 5.76 Å². The van der Waals surface area contributed by atoms with Crippen LogP contribution in [-0.2, 0) is 0 Å². The number of furan rings is 1. The van der Waals surface area contributed by atoms with Crippen LogP contribution in [0.3, 0.4) is 0 Å². The van der Waals surface area contributed by atoms with Gasteiger partial charge in [-0.3, -0.25) is 4.79 Å². The topological polar surface area (TPSA) is 79.5 Å². The van der Waals surface area contributed by atoms with Crippen LogP contribution in [0.25, 0.3) is 0 Å². The Balaban J connectivity index is 1.63. The number of carbonyl (C=O) groups is 2. The van der Waals surface area contributed by atoms with E-state index in [9.17, 15) is 9.59 Å². The molecule has 108 valence electrons. The first-order valence-electron chi connectivity index (χ1n) is 6.44. The molecule has 3 rings (SSSR count). The number of carbonyl (C=O) groups excluding carboxylic acids is 1. The van der Waals surface area contributed by atoms with Crippen LogP contribution >= 0.6 is 11.6 Å². The van der Waals surface area contributed by atoms with Crippen LogP contribution < -0.4 is 5.32 Å². The lowest BCUT2D eigenvalue weighted by Crippen LogP contribution is -2.26. The molecule has 2 aromatic rings. The molecule has 1 heterocycles. The Kier molecular flexibility index (Phi) is 3.43. The first kappa shape index (κ1) is 13.7. The van der Waals surface area contributed by atoms with Crippen molar-refractivity contribution >= 4 is 23.5 Å². The molecule has 1 amide bonds. The zero-order valence-corrected chi connectivity index (χ0v) is 11.6. The third kappa shape index (κ3) is 2.92. The van der Waals surface area contributed by atoms with Gasteiger partial charge in [-0.1, -0.05) is 23.7 Å². The maximum atomic E-state index is 12.0. The molecule has 6 heteroatoms. The molecule has 0 aliphatic heterocycles. The van der Waals surface area contributed by atoms with Gasteiger partial charge in [-0.05, 0) is 36.2 Å². The number of aromatic carboxylic acids is 1. The molecule has 21 heavy (non-hydrogen) atoms. The summed E-state index contributed by atoms with van der Waals surface area (Å²) in [4.78, 5) is 22.7. The minimum absolute atomic E-state index is 0.00384. The highest BCUT2D eigenvalue weighted by atomic mass is 35.5. The fourth-order valence-corrected chi connectivity index (χ4v) is 2.47. The van der Waals surface area contributed by atoms with Crippen molar-refractivity contribution in [1.82, 2.24) is 5.32 Å². The van der Waals surface area contributed by atoms with E-state index in [-0.39, 0.29) is 23.5 Å². The lowest BCUT2D eigenvalue weighted by molar-refractivity contribution is 0.0659. The Morgan fingerprint density at radius 1 is 1.24 bits per heavy atom. The maximum Gasteiger partial charge on any atom is 0.371 e. The van der Waals surface area contributed by atoms with E-state index in [4.69, 9.17) is 21.1 Å². The smallest absolute Gasteiger partial charge is 0.371 e. The average Bonchev–Trinajstić information content (AvgIpc) is 3.01. The zero-order chi connectivity index (χ0) is 15.0. The first-order chi connectivity index (χ1) is 10.0. The predicted molar refractivity (Wildman–Crippen MR) is 75.7 cm³/mol. The number of amides is 1. The van der Waals surface area contributed by atoms with Crippen LogP contribution in [0.15, 0.2) is 40.8 Å². The molecule has 1 fully saturated rings. The molecule has 5 nitrogen and oxygen atoms in total. The van der Waals surface area contributed by atoms with Gasteiger partial charge in [-0.25, -0.2) is 4.79 Å². The molecular formula is C15H12ClNO4. The van der Waals surface area contributed by atoms with E-state index < -0.39 is 11.9 Å². The van der Waals surface area contributed by atoms with Gasteiger partial charge in [0, 0.05) is 17.0 Å². The predicted octanol–water partition coefficient (Wildman–Crippen LogP) is 2.92. The van der Waals surface area contributed by atoms with Crippen LogP contribution in [0.2, 0.25) is 5.02 Å². The van der Waals surface area contributed by atoms with Crippen LogP contribution in [0.1, 0.15) is 39.0 Å². The number of rotatable bonds is 4. The highest BCUT2D eigenvalue weighted by molar-refractivity contribution is 6.30. The number of nitrogens with one attached hydrogen (secondary N) is 1. The van der Waals surface area contributed by atoms with Crippen molar-refractivity contribution in [3.8, 4) is 0 Å². The lowest BCUT2D eigenvalue weighted by Gasteiger charge is -2.03. The molecule has 2 atom stereocenters. The SMILES string of the molecule is O=C(O)c1ccc(C(=O)N[C@H]2C[C@H]2c2cccc(Cl)c2)o1. The standard InChI is InChI=1S/C15H12ClNO4/c16-9-3-1-2-8(6-9)10-7-11(10)17-14(18)12-4-5-13(21-12)15(19)20/h1-6,10-11H,7H2,(H,17,18)(H,19,20)/t10-,11-/m0/s1. The van der Waals surface area contributed by atoms with E-state index in [0.29, 0.717) is 5.02 Å². The zero-order valence-electron chi connectivity index (χ0n) is 10.9. The monoisotopic (exact) mass is 305 g/mol. The van der Waals surface area contributed by atoms with Crippen LogP contribution in [0, 0.1) is 0 Å². The van der Waals surface area contributed by atoms with Crippen LogP contribution in [-0.4, -0.2) is 23.0 Å². The van der Waals surface area contributed by atoms with Gasteiger partial charge in [0.1, 0.15) is 0 Å². The van der Waals surface area contributed by atoms with Crippen molar-refractivity contribution in [3.63, 3.8) is 0 Å². The summed E-state index contributed by atoms with van der Waals surface area (Å²) in [6.45, 7) is 0. The Bertz CT molecular complexity index is 709.